The van der Waals surface area contributed by atoms with Gasteiger partial charge in [0.05, 0.1) is 23.3 Å². The maximum atomic E-state index is 2.79. The van der Waals surface area contributed by atoms with Crippen molar-refractivity contribution in [1.29, 1.82) is 0 Å². The van der Waals surface area contributed by atoms with Crippen LogP contribution in [0.15, 0.2) is 103 Å². The van der Waals surface area contributed by atoms with Gasteiger partial charge in [0.15, 0.2) is 0 Å². The van der Waals surface area contributed by atoms with Gasteiger partial charge in [-0.15, -0.1) is 0 Å². The molecule has 9 rings (SSSR count). The Bertz CT molecular complexity index is 1560. The average Bonchev–Trinajstić information content (AvgIpc) is 3.56. The van der Waals surface area contributed by atoms with Crippen molar-refractivity contribution in [2.24, 2.45) is 0 Å². The number of para-hydroxylation sites is 1. The van der Waals surface area contributed by atoms with Gasteiger partial charge >= 0.3 is 0 Å². The zero-order chi connectivity index (χ0) is 22.2. The van der Waals surface area contributed by atoms with Crippen LogP contribution >= 0.6 is 0 Å². The molecule has 2 saturated heterocycles. The van der Waals surface area contributed by atoms with Gasteiger partial charge in [-0.05, 0) is 62.9 Å². The summed E-state index contributed by atoms with van der Waals surface area (Å²) in [4.78, 5) is 0. The number of rotatable bonds is 1. The predicted molar refractivity (Wildman–Crippen MR) is 138 cm³/mol. The number of hydrazine groups is 1. The summed E-state index contributed by atoms with van der Waals surface area (Å²) < 4.78 is 0. The van der Waals surface area contributed by atoms with Crippen molar-refractivity contribution in [3.63, 3.8) is 0 Å². The van der Waals surface area contributed by atoms with Gasteiger partial charge in [-0.1, -0.05) is 91.0 Å². The summed E-state index contributed by atoms with van der Waals surface area (Å²) >= 11 is 0. The van der Waals surface area contributed by atoms with E-state index in [2.05, 4.69) is 120 Å². The van der Waals surface area contributed by atoms with Crippen molar-refractivity contribution < 1.29 is 0 Å². The highest BCUT2D eigenvalue weighted by atomic mass is 15.7. The van der Waals surface area contributed by atoms with Gasteiger partial charge in [-0.2, -0.15) is 0 Å². The fourth-order valence-corrected chi connectivity index (χ4v) is 8.48. The molecule has 0 radical (unpaired) electrons. The summed E-state index contributed by atoms with van der Waals surface area (Å²) in [5, 5.41) is 11.2. The van der Waals surface area contributed by atoms with E-state index >= 15 is 0 Å². The number of fused-ring (bicyclic) bond motifs is 12. The van der Waals surface area contributed by atoms with Crippen LogP contribution in [-0.2, 0) is 0 Å². The zero-order valence-corrected chi connectivity index (χ0v) is 19.0. The molecule has 2 heterocycles. The van der Waals surface area contributed by atoms with Gasteiger partial charge < -0.3 is 0 Å². The molecular formula is C32H24N2. The predicted octanol–water partition coefficient (Wildman–Crippen LogP) is 7.48. The molecule has 0 N–H and O–H groups in total. The Morgan fingerprint density at radius 3 is 1.50 bits per heavy atom. The second kappa shape index (κ2) is 5.71. The molecule has 2 aliphatic heterocycles. The van der Waals surface area contributed by atoms with Crippen LogP contribution in [0.4, 0.5) is 5.69 Å². The van der Waals surface area contributed by atoms with Crippen LogP contribution in [0, 0.1) is 0 Å². The average molecular weight is 437 g/mol. The smallest absolute Gasteiger partial charge is 0.0713 e. The Morgan fingerprint density at radius 1 is 0.529 bits per heavy atom. The van der Waals surface area contributed by atoms with Crippen molar-refractivity contribution in [3.8, 4) is 0 Å². The Labute approximate surface area is 199 Å². The van der Waals surface area contributed by atoms with E-state index in [9.17, 15) is 0 Å². The second-order valence-electron chi connectivity index (χ2n) is 10.7. The third-order valence-electron chi connectivity index (χ3n) is 9.39. The normalized spacial score (nSPS) is 31.4. The number of nitrogens with zero attached hydrogens (tertiary/aromatic N) is 2. The lowest BCUT2D eigenvalue weighted by Gasteiger charge is -2.41. The summed E-state index contributed by atoms with van der Waals surface area (Å²) in [5.74, 6) is 0.860. The SMILES string of the molecule is CC12[C@H]3c4cccc5cccc(c45)[C@H]3N([C@@H]3c4cccc5cccc(c45)[C@@H]31)N2c1ccccc1. The van der Waals surface area contributed by atoms with E-state index in [0.717, 1.165) is 0 Å². The molecule has 5 aromatic carbocycles. The largest absolute Gasteiger partial charge is 0.297 e. The van der Waals surface area contributed by atoms with Gasteiger partial charge in [0, 0.05) is 11.8 Å². The molecule has 2 aliphatic carbocycles. The Hall–Kier alpha value is -3.62. The van der Waals surface area contributed by atoms with Crippen LogP contribution in [0.5, 0.6) is 0 Å². The molecule has 0 amide bonds. The Morgan fingerprint density at radius 2 is 1.00 bits per heavy atom. The lowest BCUT2D eigenvalue weighted by Crippen LogP contribution is -2.46. The summed E-state index contributed by atoms with van der Waals surface area (Å²) in [6.07, 6.45) is 0. The maximum absolute atomic E-state index is 2.79. The van der Waals surface area contributed by atoms with E-state index in [0.29, 0.717) is 23.9 Å². The van der Waals surface area contributed by atoms with Crippen molar-refractivity contribution >= 4 is 27.2 Å². The molecule has 162 valence electrons. The number of hydrogen-bond donors (Lipinski definition) is 0. The standard InChI is InChI=1S/C32H24N2/c1-32-28-22-15-5-9-19-11-7-17-24(26(19)22)30(28)33(34(32)21-13-3-2-4-14-21)31-25-18-8-12-20-10-6-16-23(27(20)25)29(31)32/h2-18,28-31H,1H3/t28-,29-,30+,31+/m0/s1. The minimum absolute atomic E-state index is 0.0582. The number of benzene rings is 5. The first-order valence-electron chi connectivity index (χ1n) is 12.4. The Kier molecular flexibility index (Phi) is 2.99. The van der Waals surface area contributed by atoms with Crippen LogP contribution in [0.2, 0.25) is 0 Å². The van der Waals surface area contributed by atoms with Gasteiger partial charge in [0.25, 0.3) is 0 Å². The first kappa shape index (κ1) is 17.8. The Balaban J connectivity index is 1.40. The minimum atomic E-state index is -0.0582. The van der Waals surface area contributed by atoms with Crippen LogP contribution in [0.3, 0.4) is 0 Å². The van der Waals surface area contributed by atoms with Gasteiger partial charge in [0.1, 0.15) is 0 Å². The molecule has 2 nitrogen and oxygen atoms in total. The first-order chi connectivity index (χ1) is 16.8. The highest BCUT2D eigenvalue weighted by Gasteiger charge is 2.72. The number of anilines is 1. The summed E-state index contributed by atoms with van der Waals surface area (Å²) in [7, 11) is 0. The van der Waals surface area contributed by atoms with Crippen molar-refractivity contribution in [1.82, 2.24) is 5.01 Å². The topological polar surface area (TPSA) is 6.48 Å². The molecule has 2 heteroatoms. The minimum Gasteiger partial charge on any atom is -0.297 e. The van der Waals surface area contributed by atoms with Crippen molar-refractivity contribution in [3.05, 3.63) is 125 Å². The highest BCUT2D eigenvalue weighted by molar-refractivity contribution is 5.96. The van der Waals surface area contributed by atoms with E-state index in [1.54, 1.807) is 0 Å². The number of piperidine rings is 1. The summed E-state index contributed by atoms with van der Waals surface area (Å²) in [6, 6.07) is 39.6. The van der Waals surface area contributed by atoms with Crippen molar-refractivity contribution in [2.75, 3.05) is 5.01 Å². The second-order valence-corrected chi connectivity index (χ2v) is 10.7. The van der Waals surface area contributed by atoms with E-state index in [1.807, 2.05) is 0 Å². The lowest BCUT2D eigenvalue weighted by atomic mass is 9.66. The van der Waals surface area contributed by atoms with Crippen LogP contribution in [0.25, 0.3) is 21.5 Å². The summed E-state index contributed by atoms with van der Waals surface area (Å²) in [5.41, 5.74) is 7.32. The van der Waals surface area contributed by atoms with E-state index in [-0.39, 0.29) is 5.54 Å². The summed E-state index contributed by atoms with van der Waals surface area (Å²) in [6.45, 7) is 2.55. The van der Waals surface area contributed by atoms with Gasteiger partial charge in [-0.3, -0.25) is 5.01 Å². The third kappa shape index (κ3) is 1.75. The first-order valence-corrected chi connectivity index (χ1v) is 12.4. The van der Waals surface area contributed by atoms with Gasteiger partial charge in [-0.25, -0.2) is 5.01 Å². The monoisotopic (exact) mass is 436 g/mol. The molecule has 5 aromatic rings. The molecule has 0 unspecified atom stereocenters. The van der Waals surface area contributed by atoms with E-state index in [1.165, 1.54) is 49.5 Å². The molecule has 0 spiro atoms. The van der Waals surface area contributed by atoms with Crippen LogP contribution in [-0.4, -0.2) is 10.5 Å². The van der Waals surface area contributed by atoms with E-state index in [4.69, 9.17) is 0 Å². The zero-order valence-electron chi connectivity index (χ0n) is 19.0. The van der Waals surface area contributed by atoms with Crippen molar-refractivity contribution in [2.45, 2.75) is 36.4 Å². The van der Waals surface area contributed by atoms with E-state index < -0.39 is 0 Å². The van der Waals surface area contributed by atoms with Gasteiger partial charge in [0.2, 0.25) is 0 Å². The third-order valence-corrected chi connectivity index (χ3v) is 9.39. The molecular weight excluding hydrogens is 412 g/mol. The molecule has 0 aromatic heterocycles. The maximum Gasteiger partial charge on any atom is 0.0713 e. The molecule has 0 saturated carbocycles. The fourth-order valence-electron chi connectivity index (χ4n) is 8.48. The van der Waals surface area contributed by atoms with Crippen LogP contribution < -0.4 is 5.01 Å². The molecule has 34 heavy (non-hydrogen) atoms. The van der Waals surface area contributed by atoms with Crippen LogP contribution in [0.1, 0.15) is 53.1 Å². The molecule has 2 bridgehead atoms. The molecule has 4 aliphatic rings. The highest BCUT2D eigenvalue weighted by Crippen LogP contribution is 2.75. The fraction of sp³-hybridized carbons (Fsp3) is 0.188. The quantitative estimate of drug-likeness (QED) is 0.269. The lowest BCUT2D eigenvalue weighted by molar-refractivity contribution is 0.151. The number of hydrogen-bond acceptors (Lipinski definition) is 2. The molecule has 4 atom stereocenters. The molecule has 2 fully saturated rings.